The molecule has 0 spiro atoms. The summed E-state index contributed by atoms with van der Waals surface area (Å²) in [5, 5.41) is 11.5. The average Bonchev–Trinajstić information content (AvgIpc) is 3.36. The number of amides is 1. The molecule has 0 saturated carbocycles. The highest BCUT2D eigenvalue weighted by Crippen LogP contribution is 2.22. The number of methoxy groups -OCH3 is 1. The largest absolute Gasteiger partial charge is 0.492 e. The van der Waals surface area contributed by atoms with E-state index in [-0.39, 0.29) is 38.0 Å². The van der Waals surface area contributed by atoms with Crippen LogP contribution in [0.3, 0.4) is 0 Å². The van der Waals surface area contributed by atoms with Crippen molar-refractivity contribution in [2.24, 2.45) is 0 Å². The van der Waals surface area contributed by atoms with Gasteiger partial charge in [0, 0.05) is 45.9 Å². The Morgan fingerprint density at radius 2 is 1.66 bits per heavy atom. The Labute approximate surface area is 222 Å². The van der Waals surface area contributed by atoms with E-state index in [4.69, 9.17) is 14.2 Å². The number of hydrogen-bond acceptors (Lipinski definition) is 7. The molecule has 0 aliphatic carbocycles. The SMILES string of the molecule is COCC(=O)N1CCN(Cc2ccc(OCCN3CCCC3)cc2)C[C@](O)(COc2ccc(F)c(F)c2)C1. The first kappa shape index (κ1) is 28.2. The number of halogens is 2. The highest BCUT2D eigenvalue weighted by atomic mass is 19.2. The number of likely N-dealkylation sites (tertiary alicyclic amines) is 1. The predicted molar refractivity (Wildman–Crippen MR) is 138 cm³/mol. The third-order valence-electron chi connectivity index (χ3n) is 6.91. The van der Waals surface area contributed by atoms with Crippen LogP contribution in [0.1, 0.15) is 18.4 Å². The van der Waals surface area contributed by atoms with Crippen LogP contribution < -0.4 is 9.47 Å². The molecule has 208 valence electrons. The highest BCUT2D eigenvalue weighted by molar-refractivity contribution is 5.77. The van der Waals surface area contributed by atoms with E-state index in [1.807, 2.05) is 24.3 Å². The number of ether oxygens (including phenoxy) is 3. The quantitative estimate of drug-likeness (QED) is 0.476. The van der Waals surface area contributed by atoms with Crippen molar-refractivity contribution in [3.63, 3.8) is 0 Å². The van der Waals surface area contributed by atoms with Gasteiger partial charge in [0.2, 0.25) is 5.91 Å². The number of β-amino-alcohol motifs (C(OH)–C–C–N with tert-alkyl or cyclic N) is 1. The second-order valence-corrected chi connectivity index (χ2v) is 10.1. The summed E-state index contributed by atoms with van der Waals surface area (Å²) >= 11 is 0. The Morgan fingerprint density at radius 3 is 2.37 bits per heavy atom. The molecule has 1 amide bonds. The lowest BCUT2D eigenvalue weighted by Gasteiger charge is -2.33. The van der Waals surface area contributed by atoms with E-state index in [0.29, 0.717) is 26.2 Å². The van der Waals surface area contributed by atoms with Gasteiger partial charge in [-0.25, -0.2) is 8.78 Å². The fourth-order valence-electron chi connectivity index (χ4n) is 4.93. The molecule has 0 bridgehead atoms. The van der Waals surface area contributed by atoms with Crippen LogP contribution in [0.4, 0.5) is 8.78 Å². The first-order chi connectivity index (χ1) is 18.3. The van der Waals surface area contributed by atoms with Gasteiger partial charge in [0.1, 0.15) is 36.9 Å². The summed E-state index contributed by atoms with van der Waals surface area (Å²) < 4.78 is 43.5. The van der Waals surface area contributed by atoms with E-state index in [2.05, 4.69) is 9.80 Å². The third kappa shape index (κ3) is 8.10. The minimum atomic E-state index is -1.44. The number of carbonyl (C=O) groups excluding carboxylic acids is 1. The molecule has 2 fully saturated rings. The summed E-state index contributed by atoms with van der Waals surface area (Å²) in [5.41, 5.74) is -0.402. The van der Waals surface area contributed by atoms with Gasteiger partial charge in [0.05, 0.1) is 6.54 Å². The zero-order valence-corrected chi connectivity index (χ0v) is 21.9. The maximum absolute atomic E-state index is 13.6. The molecule has 1 atom stereocenters. The summed E-state index contributed by atoms with van der Waals surface area (Å²) in [4.78, 5) is 18.6. The molecule has 1 N–H and O–H groups in total. The topological polar surface area (TPSA) is 74.7 Å². The van der Waals surface area contributed by atoms with Gasteiger partial charge in [-0.15, -0.1) is 0 Å². The number of nitrogens with zero attached hydrogens (tertiary/aromatic N) is 3. The van der Waals surface area contributed by atoms with E-state index in [9.17, 15) is 18.7 Å². The van der Waals surface area contributed by atoms with Crippen LogP contribution >= 0.6 is 0 Å². The van der Waals surface area contributed by atoms with E-state index in [0.717, 1.165) is 43.1 Å². The van der Waals surface area contributed by atoms with E-state index in [1.54, 1.807) is 4.90 Å². The zero-order valence-electron chi connectivity index (χ0n) is 21.9. The van der Waals surface area contributed by atoms with Crippen LogP contribution in [0, 0.1) is 11.6 Å². The van der Waals surface area contributed by atoms with Gasteiger partial charge in [-0.2, -0.15) is 0 Å². The van der Waals surface area contributed by atoms with Gasteiger partial charge >= 0.3 is 0 Å². The Balaban J connectivity index is 1.37. The Bertz CT molecular complexity index is 1050. The molecule has 38 heavy (non-hydrogen) atoms. The third-order valence-corrected chi connectivity index (χ3v) is 6.91. The van der Waals surface area contributed by atoms with Crippen molar-refractivity contribution in [1.29, 1.82) is 0 Å². The van der Waals surface area contributed by atoms with Crippen molar-refractivity contribution in [3.8, 4) is 11.5 Å². The molecule has 2 aromatic rings. The van der Waals surface area contributed by atoms with E-state index in [1.165, 1.54) is 26.0 Å². The minimum Gasteiger partial charge on any atom is -0.492 e. The molecular weight excluding hydrogens is 496 g/mol. The van der Waals surface area contributed by atoms with Gasteiger partial charge in [-0.05, 0) is 55.8 Å². The molecule has 2 heterocycles. The van der Waals surface area contributed by atoms with E-state index < -0.39 is 17.2 Å². The average molecular weight is 534 g/mol. The molecule has 4 rings (SSSR count). The van der Waals surface area contributed by atoms with Crippen LogP contribution in [0.5, 0.6) is 11.5 Å². The molecule has 2 aliphatic rings. The van der Waals surface area contributed by atoms with Crippen molar-refractivity contribution in [2.75, 3.05) is 72.7 Å². The number of hydrogen-bond donors (Lipinski definition) is 1. The van der Waals surface area contributed by atoms with Gasteiger partial charge in [0.25, 0.3) is 0 Å². The second-order valence-electron chi connectivity index (χ2n) is 10.1. The summed E-state index contributed by atoms with van der Waals surface area (Å²) in [6.07, 6.45) is 2.52. The lowest BCUT2D eigenvalue weighted by atomic mass is 10.0. The first-order valence-electron chi connectivity index (χ1n) is 13.1. The van der Waals surface area contributed by atoms with Crippen molar-refractivity contribution in [3.05, 3.63) is 59.7 Å². The van der Waals surface area contributed by atoms with Crippen LogP contribution in [-0.2, 0) is 16.1 Å². The predicted octanol–water partition coefficient (Wildman–Crippen LogP) is 2.54. The lowest BCUT2D eigenvalue weighted by Crippen LogP contribution is -2.52. The maximum atomic E-state index is 13.6. The Morgan fingerprint density at radius 1 is 0.921 bits per heavy atom. The molecule has 0 radical (unpaired) electrons. The molecular formula is C28H37F2N3O5. The van der Waals surface area contributed by atoms with Crippen LogP contribution in [0.15, 0.2) is 42.5 Å². The second kappa shape index (κ2) is 13.3. The monoisotopic (exact) mass is 533 g/mol. The summed E-state index contributed by atoms with van der Waals surface area (Å²) in [6.45, 7) is 5.32. The summed E-state index contributed by atoms with van der Waals surface area (Å²) in [7, 11) is 1.44. The molecule has 8 nitrogen and oxygen atoms in total. The molecule has 0 aromatic heterocycles. The van der Waals surface area contributed by atoms with Crippen LogP contribution in [0.2, 0.25) is 0 Å². The molecule has 10 heteroatoms. The van der Waals surface area contributed by atoms with Crippen molar-refractivity contribution in [2.45, 2.75) is 25.0 Å². The van der Waals surface area contributed by atoms with E-state index >= 15 is 0 Å². The van der Waals surface area contributed by atoms with Crippen LogP contribution in [-0.4, -0.2) is 104 Å². The zero-order chi connectivity index (χ0) is 27.0. The highest BCUT2D eigenvalue weighted by Gasteiger charge is 2.37. The van der Waals surface area contributed by atoms with Gasteiger partial charge in [0.15, 0.2) is 11.6 Å². The van der Waals surface area contributed by atoms with Crippen molar-refractivity contribution >= 4 is 5.91 Å². The molecule has 2 saturated heterocycles. The van der Waals surface area contributed by atoms with Crippen LogP contribution in [0.25, 0.3) is 0 Å². The lowest BCUT2D eigenvalue weighted by molar-refractivity contribution is -0.138. The number of carbonyl (C=O) groups is 1. The number of benzene rings is 2. The Kier molecular flexibility index (Phi) is 9.90. The van der Waals surface area contributed by atoms with Crippen molar-refractivity contribution < 1.29 is 32.9 Å². The standard InChI is InChI=1S/C28H37F2N3O5/c1-36-18-27(34)33-13-12-32(19-28(35,20-33)21-38-24-8-9-25(29)26(30)16-24)17-22-4-6-23(7-5-22)37-15-14-31-10-2-3-11-31/h4-9,16,35H,2-3,10-15,17-21H2,1H3/t28-/m1/s1. The first-order valence-corrected chi connectivity index (χ1v) is 13.1. The fourth-order valence-corrected chi connectivity index (χ4v) is 4.93. The van der Waals surface area contributed by atoms with Crippen molar-refractivity contribution in [1.82, 2.24) is 14.7 Å². The summed E-state index contributed by atoms with van der Waals surface area (Å²) in [5.74, 6) is -1.33. The summed E-state index contributed by atoms with van der Waals surface area (Å²) in [6, 6.07) is 11.1. The number of aliphatic hydroxyl groups is 1. The Hall–Kier alpha value is -2.79. The molecule has 2 aliphatic heterocycles. The maximum Gasteiger partial charge on any atom is 0.248 e. The number of rotatable bonds is 11. The fraction of sp³-hybridized carbons (Fsp3) is 0.536. The smallest absolute Gasteiger partial charge is 0.248 e. The van der Waals surface area contributed by atoms with Gasteiger partial charge < -0.3 is 24.2 Å². The van der Waals surface area contributed by atoms with Gasteiger partial charge in [-0.1, -0.05) is 12.1 Å². The normalized spacial score (nSPS) is 20.9. The molecule has 2 aromatic carbocycles. The molecule has 0 unspecified atom stereocenters. The minimum absolute atomic E-state index is 0.0270. The van der Waals surface area contributed by atoms with Gasteiger partial charge in [-0.3, -0.25) is 14.6 Å².